The monoisotopic (exact) mass is 292 g/mol. The number of aromatic nitrogens is 1. The first-order valence-corrected chi connectivity index (χ1v) is 7.64. The van der Waals surface area contributed by atoms with Gasteiger partial charge in [-0.3, -0.25) is 4.79 Å². The summed E-state index contributed by atoms with van der Waals surface area (Å²) in [5, 5.41) is 0. The highest BCUT2D eigenvalue weighted by atomic mass is 32.1. The van der Waals surface area contributed by atoms with Crippen molar-refractivity contribution in [2.24, 2.45) is 10.9 Å². The number of benzene rings is 1. The average molecular weight is 292 g/mol. The quantitative estimate of drug-likeness (QED) is 0.868. The van der Waals surface area contributed by atoms with Crippen LogP contribution in [0.2, 0.25) is 0 Å². The van der Waals surface area contributed by atoms with Gasteiger partial charge in [0.2, 0.25) is 0 Å². The van der Waals surface area contributed by atoms with Gasteiger partial charge in [0.15, 0.2) is 4.80 Å². The molecule has 0 aliphatic rings. The van der Waals surface area contributed by atoms with E-state index in [1.807, 2.05) is 32.0 Å². The van der Waals surface area contributed by atoms with E-state index in [1.54, 1.807) is 7.11 Å². The van der Waals surface area contributed by atoms with Crippen molar-refractivity contribution in [3.05, 3.63) is 23.0 Å². The minimum Gasteiger partial charge on any atom is -0.497 e. The van der Waals surface area contributed by atoms with Gasteiger partial charge in [-0.15, -0.1) is 0 Å². The molecular formula is C15H20N2O2S. The van der Waals surface area contributed by atoms with Crippen LogP contribution in [0.25, 0.3) is 10.2 Å². The van der Waals surface area contributed by atoms with Crippen LogP contribution in [-0.2, 0) is 11.3 Å². The number of carbonyl (C=O) groups is 1. The molecular weight excluding hydrogens is 272 g/mol. The maximum absolute atomic E-state index is 11.9. The minimum absolute atomic E-state index is 0.0756. The van der Waals surface area contributed by atoms with Crippen molar-refractivity contribution in [2.45, 2.75) is 33.7 Å². The van der Waals surface area contributed by atoms with Gasteiger partial charge in [0.25, 0.3) is 5.91 Å². The van der Waals surface area contributed by atoms with Crippen LogP contribution >= 0.6 is 11.3 Å². The molecule has 0 unspecified atom stereocenters. The van der Waals surface area contributed by atoms with Gasteiger partial charge in [-0.1, -0.05) is 32.1 Å². The standard InChI is InChI=1S/C15H20N2O2S/c1-5-8-17-12-7-6-11(19-4)9-13(12)20-15(17)16-14(18)10(2)3/h6-7,9-10H,5,8H2,1-4H3. The van der Waals surface area contributed by atoms with E-state index in [4.69, 9.17) is 4.74 Å². The third-order valence-corrected chi connectivity index (χ3v) is 4.08. The molecule has 1 aromatic heterocycles. The summed E-state index contributed by atoms with van der Waals surface area (Å²) in [6.45, 7) is 6.71. The van der Waals surface area contributed by atoms with Crippen LogP contribution in [0.5, 0.6) is 5.75 Å². The molecule has 0 bridgehead atoms. The summed E-state index contributed by atoms with van der Waals surface area (Å²) >= 11 is 1.53. The molecule has 0 fully saturated rings. The highest BCUT2D eigenvalue weighted by Gasteiger charge is 2.10. The molecule has 0 N–H and O–H groups in total. The van der Waals surface area contributed by atoms with Gasteiger partial charge in [-0.05, 0) is 24.6 Å². The average Bonchev–Trinajstić information content (AvgIpc) is 2.76. The molecule has 0 spiro atoms. The molecule has 0 aliphatic carbocycles. The lowest BCUT2D eigenvalue weighted by Crippen LogP contribution is -2.18. The zero-order chi connectivity index (χ0) is 14.7. The zero-order valence-electron chi connectivity index (χ0n) is 12.3. The lowest BCUT2D eigenvalue weighted by atomic mass is 10.2. The van der Waals surface area contributed by atoms with Crippen LogP contribution in [0.4, 0.5) is 0 Å². The SMILES string of the molecule is CCCn1c(=NC(=O)C(C)C)sc2cc(OC)ccc21. The van der Waals surface area contributed by atoms with Crippen LogP contribution in [0, 0.1) is 5.92 Å². The molecule has 0 atom stereocenters. The van der Waals surface area contributed by atoms with Crippen LogP contribution in [0.3, 0.4) is 0 Å². The number of amides is 1. The Morgan fingerprint density at radius 1 is 1.45 bits per heavy atom. The van der Waals surface area contributed by atoms with E-state index in [1.165, 1.54) is 11.3 Å². The van der Waals surface area contributed by atoms with Crippen molar-refractivity contribution < 1.29 is 9.53 Å². The Kier molecular flexibility index (Phi) is 4.60. The predicted molar refractivity (Wildman–Crippen MR) is 82.1 cm³/mol. The second kappa shape index (κ2) is 6.22. The largest absolute Gasteiger partial charge is 0.497 e. The lowest BCUT2D eigenvalue weighted by molar-refractivity contribution is -0.120. The number of carbonyl (C=O) groups excluding carboxylic acids is 1. The topological polar surface area (TPSA) is 43.6 Å². The maximum Gasteiger partial charge on any atom is 0.250 e. The number of hydrogen-bond donors (Lipinski definition) is 0. The van der Waals surface area contributed by atoms with Crippen molar-refractivity contribution in [3.63, 3.8) is 0 Å². The Bertz CT molecular complexity index is 683. The van der Waals surface area contributed by atoms with Crippen LogP contribution in [-0.4, -0.2) is 17.6 Å². The first kappa shape index (κ1) is 14.8. The van der Waals surface area contributed by atoms with Gasteiger partial charge in [0.05, 0.1) is 17.3 Å². The van der Waals surface area contributed by atoms with E-state index in [-0.39, 0.29) is 11.8 Å². The van der Waals surface area contributed by atoms with Crippen molar-refractivity contribution in [1.29, 1.82) is 0 Å². The third kappa shape index (κ3) is 2.93. The van der Waals surface area contributed by atoms with E-state index in [0.717, 1.165) is 33.7 Å². The summed E-state index contributed by atoms with van der Waals surface area (Å²) in [5.74, 6) is 0.669. The first-order valence-electron chi connectivity index (χ1n) is 6.82. The van der Waals surface area contributed by atoms with Gasteiger partial charge >= 0.3 is 0 Å². The third-order valence-electron chi connectivity index (χ3n) is 3.04. The molecule has 4 nitrogen and oxygen atoms in total. The molecule has 5 heteroatoms. The molecule has 108 valence electrons. The number of thiazole rings is 1. The summed E-state index contributed by atoms with van der Waals surface area (Å²) in [6, 6.07) is 5.96. The Hall–Kier alpha value is -1.62. The highest BCUT2D eigenvalue weighted by Crippen LogP contribution is 2.23. The number of aryl methyl sites for hydroxylation is 1. The van der Waals surface area contributed by atoms with Gasteiger partial charge in [-0.2, -0.15) is 4.99 Å². The Balaban J connectivity index is 2.63. The zero-order valence-corrected chi connectivity index (χ0v) is 13.2. The number of fused-ring (bicyclic) bond motifs is 1. The number of nitrogens with zero attached hydrogens (tertiary/aromatic N) is 2. The molecule has 0 saturated carbocycles. The van der Waals surface area contributed by atoms with Crippen molar-refractivity contribution in [2.75, 3.05) is 7.11 Å². The van der Waals surface area contributed by atoms with Crippen LogP contribution in [0.1, 0.15) is 27.2 Å². The summed E-state index contributed by atoms with van der Waals surface area (Å²) in [6.07, 6.45) is 1.00. The fourth-order valence-corrected chi connectivity index (χ4v) is 3.02. The van der Waals surface area contributed by atoms with E-state index < -0.39 is 0 Å². The lowest BCUT2D eigenvalue weighted by Gasteiger charge is -2.04. The maximum atomic E-state index is 11.9. The summed E-state index contributed by atoms with van der Waals surface area (Å²) in [4.78, 5) is 16.9. The minimum atomic E-state index is -0.0789. The second-order valence-electron chi connectivity index (χ2n) is 4.97. The van der Waals surface area contributed by atoms with Gasteiger partial charge in [-0.25, -0.2) is 0 Å². The highest BCUT2D eigenvalue weighted by molar-refractivity contribution is 7.16. The molecule has 2 aromatic rings. The summed E-state index contributed by atoms with van der Waals surface area (Å²) in [7, 11) is 1.66. The fourth-order valence-electron chi connectivity index (χ4n) is 1.93. The van der Waals surface area contributed by atoms with E-state index in [0.29, 0.717) is 0 Å². The predicted octanol–water partition coefficient (Wildman–Crippen LogP) is 3.20. The molecule has 2 rings (SSSR count). The van der Waals surface area contributed by atoms with E-state index in [9.17, 15) is 4.79 Å². The van der Waals surface area contributed by atoms with Gasteiger partial charge in [0, 0.05) is 12.5 Å². The van der Waals surface area contributed by atoms with Gasteiger partial charge in [0.1, 0.15) is 5.75 Å². The first-order chi connectivity index (χ1) is 9.56. The molecule has 0 aliphatic heterocycles. The molecule has 0 radical (unpaired) electrons. The molecule has 0 saturated heterocycles. The van der Waals surface area contributed by atoms with Crippen LogP contribution < -0.4 is 9.54 Å². The number of hydrogen-bond acceptors (Lipinski definition) is 3. The number of ether oxygens (including phenoxy) is 1. The molecule has 20 heavy (non-hydrogen) atoms. The molecule has 1 aromatic carbocycles. The van der Waals surface area contributed by atoms with Crippen molar-refractivity contribution in [3.8, 4) is 5.75 Å². The smallest absolute Gasteiger partial charge is 0.250 e. The van der Waals surface area contributed by atoms with Crippen LogP contribution in [0.15, 0.2) is 23.2 Å². The Morgan fingerprint density at radius 2 is 2.20 bits per heavy atom. The Labute approximate surface area is 122 Å². The second-order valence-corrected chi connectivity index (χ2v) is 5.98. The van der Waals surface area contributed by atoms with E-state index >= 15 is 0 Å². The summed E-state index contributed by atoms with van der Waals surface area (Å²) < 4.78 is 8.45. The van der Waals surface area contributed by atoms with Gasteiger partial charge < -0.3 is 9.30 Å². The van der Waals surface area contributed by atoms with Crippen molar-refractivity contribution >= 4 is 27.5 Å². The number of methoxy groups -OCH3 is 1. The molecule has 1 heterocycles. The normalized spacial score (nSPS) is 12.3. The van der Waals surface area contributed by atoms with Crippen molar-refractivity contribution in [1.82, 2.24) is 4.57 Å². The summed E-state index contributed by atoms with van der Waals surface area (Å²) in [5.41, 5.74) is 1.10. The number of rotatable bonds is 4. The molecule has 1 amide bonds. The van der Waals surface area contributed by atoms with E-state index in [2.05, 4.69) is 16.5 Å². The Morgan fingerprint density at radius 3 is 2.80 bits per heavy atom. The fraction of sp³-hybridized carbons (Fsp3) is 0.467.